The van der Waals surface area contributed by atoms with Crippen LogP contribution in [0.1, 0.15) is 108 Å². The summed E-state index contributed by atoms with van der Waals surface area (Å²) in [6.07, 6.45) is 0. The van der Waals surface area contributed by atoms with Crippen LogP contribution < -0.4 is 14.7 Å². The van der Waals surface area contributed by atoms with Gasteiger partial charge < -0.3 is 14.7 Å². The van der Waals surface area contributed by atoms with Crippen LogP contribution in [0.2, 0.25) is 0 Å². The van der Waals surface area contributed by atoms with Crippen LogP contribution in [-0.2, 0) is 10.8 Å². The van der Waals surface area contributed by atoms with E-state index in [0.29, 0.717) is 24.2 Å². The molecule has 0 aliphatic rings. The first-order valence-corrected chi connectivity index (χ1v) is 14.0. The van der Waals surface area contributed by atoms with Crippen molar-refractivity contribution in [2.45, 2.75) is 132 Å². The van der Waals surface area contributed by atoms with Crippen LogP contribution in [-0.4, -0.2) is 31.2 Å². The van der Waals surface area contributed by atoms with Crippen molar-refractivity contribution in [1.29, 1.82) is 0 Å². The van der Waals surface area contributed by atoms with Crippen LogP contribution in [0.3, 0.4) is 0 Å². The van der Waals surface area contributed by atoms with E-state index in [4.69, 9.17) is 0 Å². The fraction of sp³-hybridized carbons (Fsp3) is 0.636. The standard InChI is InChI=1S/C33H55N3/c1-22(2)35(23(3)4)30-20-26(32(9,10)11)16-18-28(30)34(15)29-19-17-27(33(12,13)14)21-31(29)36(24(5)6)25(7)8/h16-25H,1-15H3. The van der Waals surface area contributed by atoms with Gasteiger partial charge in [0.15, 0.2) is 0 Å². The lowest BCUT2D eigenvalue weighted by atomic mass is 9.85. The minimum absolute atomic E-state index is 0.0943. The summed E-state index contributed by atoms with van der Waals surface area (Å²) >= 11 is 0. The van der Waals surface area contributed by atoms with Gasteiger partial charge in [-0.1, -0.05) is 53.7 Å². The average molecular weight is 494 g/mol. The Balaban J connectivity index is 2.86. The Kier molecular flexibility index (Phi) is 9.25. The van der Waals surface area contributed by atoms with Crippen LogP contribution in [0.5, 0.6) is 0 Å². The van der Waals surface area contributed by atoms with Crippen molar-refractivity contribution in [3.05, 3.63) is 47.5 Å². The predicted octanol–water partition coefficient (Wildman–Crippen LogP) is 9.30. The highest BCUT2D eigenvalue weighted by atomic mass is 15.2. The Morgan fingerprint density at radius 1 is 0.472 bits per heavy atom. The summed E-state index contributed by atoms with van der Waals surface area (Å²) in [6, 6.07) is 15.8. The first-order valence-electron chi connectivity index (χ1n) is 14.0. The second-order valence-electron chi connectivity index (χ2n) is 13.7. The van der Waals surface area contributed by atoms with Crippen LogP contribution in [0, 0.1) is 0 Å². The van der Waals surface area contributed by atoms with Gasteiger partial charge in [-0.3, -0.25) is 0 Å². The van der Waals surface area contributed by atoms with Crippen molar-refractivity contribution in [2.75, 3.05) is 21.7 Å². The fourth-order valence-electron chi connectivity index (χ4n) is 5.40. The SMILES string of the molecule is CC(C)N(c1cc(C(C)(C)C)ccc1N(C)c1ccc(C(C)(C)C)cc1N(C(C)C)C(C)C)C(C)C. The topological polar surface area (TPSA) is 9.72 Å². The monoisotopic (exact) mass is 493 g/mol. The minimum atomic E-state index is 0.0943. The van der Waals surface area contributed by atoms with Gasteiger partial charge in [-0.2, -0.15) is 0 Å². The molecule has 0 amide bonds. The Morgan fingerprint density at radius 3 is 0.972 bits per heavy atom. The number of nitrogens with zero attached hydrogens (tertiary/aromatic N) is 3. The van der Waals surface area contributed by atoms with E-state index in [1.807, 2.05) is 0 Å². The van der Waals surface area contributed by atoms with Gasteiger partial charge in [0.2, 0.25) is 0 Å². The number of benzene rings is 2. The predicted molar refractivity (Wildman–Crippen MR) is 164 cm³/mol. The molecule has 0 bridgehead atoms. The molecule has 2 aromatic rings. The largest absolute Gasteiger partial charge is 0.365 e. The van der Waals surface area contributed by atoms with E-state index in [0.717, 1.165) is 0 Å². The Hall–Kier alpha value is -2.16. The molecule has 202 valence electrons. The Morgan fingerprint density at radius 2 is 0.750 bits per heavy atom. The molecule has 0 saturated heterocycles. The van der Waals surface area contributed by atoms with Gasteiger partial charge in [-0.25, -0.2) is 0 Å². The molecule has 0 heterocycles. The first-order chi connectivity index (χ1) is 16.4. The highest BCUT2D eigenvalue weighted by Crippen LogP contribution is 2.43. The quantitative estimate of drug-likeness (QED) is 0.363. The molecule has 0 fully saturated rings. The van der Waals surface area contributed by atoms with E-state index in [1.54, 1.807) is 0 Å². The van der Waals surface area contributed by atoms with Crippen molar-refractivity contribution in [3.63, 3.8) is 0 Å². The minimum Gasteiger partial charge on any atom is -0.365 e. The van der Waals surface area contributed by atoms with Gasteiger partial charge in [0, 0.05) is 31.2 Å². The summed E-state index contributed by atoms with van der Waals surface area (Å²) < 4.78 is 0. The van der Waals surface area contributed by atoms with Crippen molar-refractivity contribution < 1.29 is 0 Å². The maximum absolute atomic E-state index is 2.56. The average Bonchev–Trinajstić information content (AvgIpc) is 2.71. The molecule has 0 atom stereocenters. The smallest absolute Gasteiger partial charge is 0.0646 e. The molecule has 0 N–H and O–H groups in total. The molecule has 0 aromatic heterocycles. The third-order valence-corrected chi connectivity index (χ3v) is 7.19. The maximum atomic E-state index is 2.56. The van der Waals surface area contributed by atoms with Crippen LogP contribution in [0.4, 0.5) is 22.7 Å². The van der Waals surface area contributed by atoms with Gasteiger partial charge in [0.1, 0.15) is 0 Å². The lowest BCUT2D eigenvalue weighted by Crippen LogP contribution is -2.39. The highest BCUT2D eigenvalue weighted by molar-refractivity contribution is 5.84. The van der Waals surface area contributed by atoms with Gasteiger partial charge in [0.25, 0.3) is 0 Å². The molecule has 0 radical (unpaired) electrons. The number of hydrogen-bond donors (Lipinski definition) is 0. The Bertz CT molecular complexity index is 905. The molecule has 0 unspecified atom stereocenters. The fourth-order valence-corrected chi connectivity index (χ4v) is 5.40. The van der Waals surface area contributed by atoms with Gasteiger partial charge in [-0.15, -0.1) is 0 Å². The van der Waals surface area contributed by atoms with E-state index >= 15 is 0 Å². The third-order valence-electron chi connectivity index (χ3n) is 7.19. The summed E-state index contributed by atoms with van der Waals surface area (Å²) in [6.45, 7) is 32.2. The lowest BCUT2D eigenvalue weighted by Gasteiger charge is -2.40. The normalized spacial score (nSPS) is 12.8. The molecule has 0 aliphatic carbocycles. The number of hydrogen-bond acceptors (Lipinski definition) is 3. The molecule has 0 saturated carbocycles. The molecular weight excluding hydrogens is 438 g/mol. The molecule has 3 nitrogen and oxygen atoms in total. The lowest BCUT2D eigenvalue weighted by molar-refractivity contribution is 0.582. The molecule has 0 aliphatic heterocycles. The van der Waals surface area contributed by atoms with Crippen LogP contribution in [0.25, 0.3) is 0 Å². The van der Waals surface area contributed by atoms with Gasteiger partial charge >= 0.3 is 0 Å². The van der Waals surface area contributed by atoms with Crippen LogP contribution >= 0.6 is 0 Å². The third kappa shape index (κ3) is 6.58. The number of rotatable bonds is 8. The molecule has 0 spiro atoms. The second kappa shape index (κ2) is 11.1. The summed E-state index contributed by atoms with van der Waals surface area (Å²) in [5.41, 5.74) is 8.05. The highest BCUT2D eigenvalue weighted by Gasteiger charge is 2.27. The van der Waals surface area contributed by atoms with E-state index in [9.17, 15) is 0 Å². The maximum Gasteiger partial charge on any atom is 0.0646 e. The van der Waals surface area contributed by atoms with E-state index in [-0.39, 0.29) is 10.8 Å². The first kappa shape index (κ1) is 30.1. The molecule has 2 aromatic carbocycles. The zero-order valence-electron chi connectivity index (χ0n) is 26.1. The zero-order chi connectivity index (χ0) is 27.7. The van der Waals surface area contributed by atoms with Gasteiger partial charge in [0.05, 0.1) is 22.7 Å². The summed E-state index contributed by atoms with van der Waals surface area (Å²) in [5, 5.41) is 0. The van der Waals surface area contributed by atoms with Gasteiger partial charge in [-0.05, 0) is 102 Å². The Labute approximate surface area is 223 Å². The van der Waals surface area contributed by atoms with Crippen molar-refractivity contribution in [3.8, 4) is 0 Å². The van der Waals surface area contributed by atoms with Crippen molar-refractivity contribution in [2.24, 2.45) is 0 Å². The number of anilines is 4. The molecule has 3 heteroatoms. The summed E-state index contributed by atoms with van der Waals surface area (Å²) in [4.78, 5) is 7.54. The van der Waals surface area contributed by atoms with Crippen molar-refractivity contribution >= 4 is 22.7 Å². The van der Waals surface area contributed by atoms with Crippen LogP contribution in [0.15, 0.2) is 36.4 Å². The molecule has 2 rings (SSSR count). The summed E-state index contributed by atoms with van der Waals surface area (Å²) in [5.74, 6) is 0. The van der Waals surface area contributed by atoms with Crippen molar-refractivity contribution in [1.82, 2.24) is 0 Å². The second-order valence-corrected chi connectivity index (χ2v) is 13.7. The van der Waals surface area contributed by atoms with E-state index < -0.39 is 0 Å². The van der Waals surface area contributed by atoms with E-state index in [2.05, 4.69) is 155 Å². The molecular formula is C33H55N3. The summed E-state index contributed by atoms with van der Waals surface area (Å²) in [7, 11) is 2.24. The molecule has 36 heavy (non-hydrogen) atoms. The zero-order valence-corrected chi connectivity index (χ0v) is 26.1. The van der Waals surface area contributed by atoms with E-state index in [1.165, 1.54) is 33.9 Å².